The molecule has 3 heteroatoms. The molecular weight excluding hydrogens is 192 g/mol. The topological polar surface area (TPSA) is 38.9 Å². The van der Waals surface area contributed by atoms with Gasteiger partial charge in [0.2, 0.25) is 0 Å². The van der Waals surface area contributed by atoms with Crippen molar-refractivity contribution in [2.24, 2.45) is 5.92 Å². The van der Waals surface area contributed by atoms with Gasteiger partial charge in [-0.25, -0.2) is 4.98 Å². The molecule has 1 heterocycles. The zero-order valence-electron chi connectivity index (χ0n) is 8.86. The van der Waals surface area contributed by atoms with Crippen LogP contribution >= 0.6 is 11.8 Å². The number of aromatic nitrogens is 1. The number of pyridine rings is 1. The van der Waals surface area contributed by atoms with Crippen molar-refractivity contribution in [1.82, 2.24) is 4.98 Å². The Hall–Kier alpha value is -0.700. The summed E-state index contributed by atoms with van der Waals surface area (Å²) in [6, 6.07) is 3.78. The molecule has 0 saturated heterocycles. The van der Waals surface area contributed by atoms with Crippen LogP contribution in [0.15, 0.2) is 23.4 Å². The van der Waals surface area contributed by atoms with Gasteiger partial charge in [-0.2, -0.15) is 0 Å². The Morgan fingerprint density at radius 1 is 1.43 bits per heavy atom. The summed E-state index contributed by atoms with van der Waals surface area (Å²) in [6.45, 7) is 4.47. The Morgan fingerprint density at radius 3 is 2.71 bits per heavy atom. The van der Waals surface area contributed by atoms with Gasteiger partial charge >= 0.3 is 0 Å². The molecule has 2 N–H and O–H groups in total. The molecule has 0 radical (unpaired) electrons. The molecule has 2 nitrogen and oxygen atoms in total. The van der Waals surface area contributed by atoms with Gasteiger partial charge in [0.05, 0.1) is 5.69 Å². The molecule has 78 valence electrons. The number of nitrogens with two attached hydrogens (primary N) is 1. The second-order valence-electron chi connectivity index (χ2n) is 3.39. The van der Waals surface area contributed by atoms with E-state index in [4.69, 9.17) is 5.73 Å². The average Bonchev–Trinajstić information content (AvgIpc) is 2.22. The number of anilines is 1. The van der Waals surface area contributed by atoms with Crippen LogP contribution < -0.4 is 5.73 Å². The Morgan fingerprint density at radius 2 is 2.14 bits per heavy atom. The van der Waals surface area contributed by atoms with Crippen molar-refractivity contribution < 1.29 is 0 Å². The van der Waals surface area contributed by atoms with Crippen LogP contribution in [0.25, 0.3) is 0 Å². The number of hydrogen-bond donors (Lipinski definition) is 1. The third-order valence-corrected chi connectivity index (χ3v) is 3.66. The summed E-state index contributed by atoms with van der Waals surface area (Å²) in [7, 11) is 0. The molecule has 0 aliphatic heterocycles. The number of thioether (sulfide) groups is 1. The van der Waals surface area contributed by atoms with Crippen molar-refractivity contribution in [3.63, 3.8) is 0 Å². The summed E-state index contributed by atoms with van der Waals surface area (Å²) in [5, 5.41) is 0.972. The molecule has 0 atom stereocenters. The van der Waals surface area contributed by atoms with Crippen molar-refractivity contribution in [3.05, 3.63) is 18.3 Å². The molecule has 0 amide bonds. The molecule has 0 spiro atoms. The first-order valence-corrected chi connectivity index (χ1v) is 6.09. The zero-order valence-corrected chi connectivity index (χ0v) is 9.68. The maximum atomic E-state index is 5.81. The Balaban J connectivity index is 2.49. The zero-order chi connectivity index (χ0) is 10.4. The van der Waals surface area contributed by atoms with E-state index in [-0.39, 0.29) is 0 Å². The van der Waals surface area contributed by atoms with Gasteiger partial charge in [0.25, 0.3) is 0 Å². The van der Waals surface area contributed by atoms with E-state index in [0.29, 0.717) is 0 Å². The molecule has 0 aliphatic rings. The first-order chi connectivity index (χ1) is 6.77. The molecule has 0 bridgehead atoms. The lowest BCUT2D eigenvalue weighted by atomic mass is 10.1. The third kappa shape index (κ3) is 3.22. The minimum atomic E-state index is 0.779. The summed E-state index contributed by atoms with van der Waals surface area (Å²) >= 11 is 1.77. The van der Waals surface area contributed by atoms with Crippen LogP contribution in [0.3, 0.4) is 0 Å². The molecule has 0 aliphatic carbocycles. The van der Waals surface area contributed by atoms with Crippen LogP contribution in [0.2, 0.25) is 0 Å². The fourth-order valence-electron chi connectivity index (χ4n) is 1.25. The largest absolute Gasteiger partial charge is 0.397 e. The lowest BCUT2D eigenvalue weighted by molar-refractivity contribution is 0.553. The standard InChI is InChI=1S/C11H18N2S/c1-3-9(4-2)8-14-11-10(12)6-5-7-13-11/h5-7,9H,3-4,8,12H2,1-2H3. The molecule has 0 saturated carbocycles. The molecule has 14 heavy (non-hydrogen) atoms. The average molecular weight is 210 g/mol. The maximum absolute atomic E-state index is 5.81. The highest BCUT2D eigenvalue weighted by Crippen LogP contribution is 2.25. The van der Waals surface area contributed by atoms with Gasteiger partial charge in [-0.05, 0) is 18.1 Å². The Kier molecular flexibility index (Phi) is 4.80. The van der Waals surface area contributed by atoms with Gasteiger partial charge in [0.15, 0.2) is 0 Å². The number of nitrogens with zero attached hydrogens (tertiary/aromatic N) is 1. The monoisotopic (exact) mass is 210 g/mol. The van der Waals surface area contributed by atoms with Gasteiger partial charge in [-0.15, -0.1) is 11.8 Å². The maximum Gasteiger partial charge on any atom is 0.119 e. The summed E-state index contributed by atoms with van der Waals surface area (Å²) in [5.74, 6) is 1.90. The molecule has 0 unspecified atom stereocenters. The van der Waals surface area contributed by atoms with E-state index in [9.17, 15) is 0 Å². The Bertz CT molecular complexity index is 272. The lowest BCUT2D eigenvalue weighted by Gasteiger charge is -2.11. The van der Waals surface area contributed by atoms with Gasteiger partial charge in [0, 0.05) is 11.9 Å². The van der Waals surface area contributed by atoms with E-state index in [1.165, 1.54) is 12.8 Å². The van der Waals surface area contributed by atoms with E-state index >= 15 is 0 Å². The van der Waals surface area contributed by atoms with Crippen molar-refractivity contribution in [3.8, 4) is 0 Å². The summed E-state index contributed by atoms with van der Waals surface area (Å²) < 4.78 is 0. The highest BCUT2D eigenvalue weighted by atomic mass is 32.2. The molecule has 1 rings (SSSR count). The van der Waals surface area contributed by atoms with Crippen LogP contribution in [-0.2, 0) is 0 Å². The fourth-order valence-corrected chi connectivity index (χ4v) is 2.48. The predicted molar refractivity (Wildman–Crippen MR) is 63.4 cm³/mol. The molecule has 0 fully saturated rings. The van der Waals surface area contributed by atoms with Crippen LogP contribution in [-0.4, -0.2) is 10.7 Å². The van der Waals surface area contributed by atoms with E-state index in [2.05, 4.69) is 18.8 Å². The van der Waals surface area contributed by atoms with E-state index < -0.39 is 0 Å². The minimum absolute atomic E-state index is 0.779. The van der Waals surface area contributed by atoms with E-state index in [0.717, 1.165) is 22.4 Å². The molecule has 1 aromatic rings. The summed E-state index contributed by atoms with van der Waals surface area (Å²) in [6.07, 6.45) is 4.26. The minimum Gasteiger partial charge on any atom is -0.397 e. The first-order valence-electron chi connectivity index (χ1n) is 5.11. The van der Waals surface area contributed by atoms with Gasteiger partial charge in [-0.3, -0.25) is 0 Å². The smallest absolute Gasteiger partial charge is 0.119 e. The van der Waals surface area contributed by atoms with Crippen molar-refractivity contribution in [1.29, 1.82) is 0 Å². The quantitative estimate of drug-likeness (QED) is 0.759. The van der Waals surface area contributed by atoms with Crippen molar-refractivity contribution >= 4 is 17.4 Å². The van der Waals surface area contributed by atoms with E-state index in [1.54, 1.807) is 18.0 Å². The van der Waals surface area contributed by atoms with E-state index in [1.807, 2.05) is 12.1 Å². The second-order valence-corrected chi connectivity index (χ2v) is 4.40. The Labute approximate surface area is 90.3 Å². The molecule has 1 aromatic heterocycles. The third-order valence-electron chi connectivity index (χ3n) is 2.41. The first kappa shape index (κ1) is 11.4. The number of hydrogen-bond acceptors (Lipinski definition) is 3. The van der Waals surface area contributed by atoms with Crippen molar-refractivity contribution in [2.45, 2.75) is 31.7 Å². The molecular formula is C11H18N2S. The van der Waals surface area contributed by atoms with Gasteiger partial charge < -0.3 is 5.73 Å². The predicted octanol–water partition coefficient (Wildman–Crippen LogP) is 3.19. The van der Waals surface area contributed by atoms with Gasteiger partial charge in [0.1, 0.15) is 5.03 Å². The van der Waals surface area contributed by atoms with Crippen LogP contribution in [0.4, 0.5) is 5.69 Å². The highest BCUT2D eigenvalue weighted by molar-refractivity contribution is 7.99. The highest BCUT2D eigenvalue weighted by Gasteiger charge is 2.06. The van der Waals surface area contributed by atoms with Crippen molar-refractivity contribution in [2.75, 3.05) is 11.5 Å². The summed E-state index contributed by atoms with van der Waals surface area (Å²) in [4.78, 5) is 4.26. The normalized spacial score (nSPS) is 10.8. The SMILES string of the molecule is CCC(CC)CSc1ncccc1N. The second kappa shape index (κ2) is 5.91. The number of rotatable bonds is 5. The lowest BCUT2D eigenvalue weighted by Crippen LogP contribution is -2.01. The number of nitrogen functional groups attached to an aromatic ring is 1. The summed E-state index contributed by atoms with van der Waals surface area (Å²) in [5.41, 5.74) is 6.60. The van der Waals surface area contributed by atoms with Gasteiger partial charge in [-0.1, -0.05) is 26.7 Å². The van der Waals surface area contributed by atoms with Crippen LogP contribution in [0.5, 0.6) is 0 Å². The van der Waals surface area contributed by atoms with Crippen LogP contribution in [0, 0.1) is 5.92 Å². The molecule has 0 aromatic carbocycles. The van der Waals surface area contributed by atoms with Crippen LogP contribution in [0.1, 0.15) is 26.7 Å². The fraction of sp³-hybridized carbons (Fsp3) is 0.545.